The molecule has 7 N–H and O–H groups in total. The average molecular weight is 549 g/mol. The minimum Gasteiger partial charge on any atom is -0.481 e. The second-order valence-corrected chi connectivity index (χ2v) is 6.71. The van der Waals surface area contributed by atoms with Gasteiger partial charge in [-0.15, -0.1) is 0 Å². The molecule has 1 amide bonds. The fourth-order valence-electron chi connectivity index (χ4n) is 2.75. The molecule has 2 aromatic heterocycles. The first-order chi connectivity index (χ1) is 15.2. The van der Waals surface area contributed by atoms with Gasteiger partial charge in [-0.05, 0) is 30.7 Å². The van der Waals surface area contributed by atoms with Gasteiger partial charge in [-0.2, -0.15) is 4.98 Å². The molecule has 3 rings (SSSR count). The van der Waals surface area contributed by atoms with E-state index in [1.807, 2.05) is 0 Å². The largest absolute Gasteiger partial charge is 1.00 e. The van der Waals surface area contributed by atoms with E-state index < -0.39 is 29.4 Å². The van der Waals surface area contributed by atoms with Crippen molar-refractivity contribution in [2.45, 2.75) is 25.4 Å². The number of nitrogens with zero attached hydrogens (tertiary/aromatic N) is 3. The van der Waals surface area contributed by atoms with Crippen LogP contribution in [0.15, 0.2) is 35.3 Å². The van der Waals surface area contributed by atoms with Gasteiger partial charge in [0.2, 0.25) is 5.95 Å². The first kappa shape index (κ1) is 25.5. The van der Waals surface area contributed by atoms with Crippen molar-refractivity contribution in [2.75, 3.05) is 11.1 Å². The van der Waals surface area contributed by atoms with E-state index >= 15 is 0 Å². The molecule has 0 aliphatic heterocycles. The van der Waals surface area contributed by atoms with Crippen molar-refractivity contribution in [2.24, 2.45) is 0 Å². The summed E-state index contributed by atoms with van der Waals surface area (Å²) in [6.07, 6.45) is 0.840. The number of nitrogen functional groups attached to an aromatic ring is 1. The number of aromatic nitrogens is 4. The number of carbonyl (C=O) groups is 3. The van der Waals surface area contributed by atoms with Crippen LogP contribution in [-0.2, 0) is 38.5 Å². The van der Waals surface area contributed by atoms with Crippen molar-refractivity contribution in [3.63, 3.8) is 0 Å². The number of anilines is 2. The van der Waals surface area contributed by atoms with Crippen LogP contribution < -0.4 is 21.9 Å². The number of carbonyl (C=O) groups excluding carboxylic acids is 1. The molecule has 0 aliphatic carbocycles. The first-order valence-corrected chi connectivity index (χ1v) is 9.33. The normalized spacial score (nSPS) is 11.3. The van der Waals surface area contributed by atoms with Crippen molar-refractivity contribution in [3.8, 4) is 0 Å². The molecular weight excluding hydrogens is 530 g/mol. The minimum absolute atomic E-state index is 0. The Kier molecular flexibility index (Phi) is 8.62. The number of benzene rings is 1. The number of aliphatic carboxylic acids is 2. The van der Waals surface area contributed by atoms with Crippen molar-refractivity contribution < 1.29 is 47.0 Å². The summed E-state index contributed by atoms with van der Waals surface area (Å²) in [6, 6.07) is 4.86. The summed E-state index contributed by atoms with van der Waals surface area (Å²) < 4.78 is 0. The number of hydrogen-bond acceptors (Lipinski definition) is 9. The fourth-order valence-corrected chi connectivity index (χ4v) is 2.75. The third-order valence-corrected chi connectivity index (χ3v) is 4.36. The maximum Gasteiger partial charge on any atom is 1.00 e. The summed E-state index contributed by atoms with van der Waals surface area (Å²) in [5.74, 6) is -3.16. The summed E-state index contributed by atoms with van der Waals surface area (Å²) >= 11 is 0. The van der Waals surface area contributed by atoms with Crippen LogP contribution in [0.3, 0.4) is 0 Å². The molecule has 0 unspecified atom stereocenters. The molecule has 14 heteroatoms. The van der Waals surface area contributed by atoms with Crippen molar-refractivity contribution in [3.05, 3.63) is 52.1 Å². The monoisotopic (exact) mass is 548 g/mol. The van der Waals surface area contributed by atoms with Gasteiger partial charge in [0.25, 0.3) is 11.5 Å². The molecule has 0 fully saturated rings. The number of hydrogen-bond donors (Lipinski definition) is 6. The molecule has 2 heterocycles. The Balaban J connectivity index is 0.00000385. The second-order valence-electron chi connectivity index (χ2n) is 6.71. The number of H-pyrrole nitrogens is 1. The smallest absolute Gasteiger partial charge is 0.481 e. The van der Waals surface area contributed by atoms with Crippen LogP contribution >= 0.6 is 0 Å². The fraction of sp³-hybridized carbons (Fsp3) is 0.211. The van der Waals surface area contributed by atoms with Gasteiger partial charge in [0.15, 0.2) is 11.2 Å². The SMILES string of the molecule is Nc1nc2ncc(CNc3ccc(C(=O)N[C@@H](CCC(=O)O)C(=O)O)cc3)nc2c(=O)[nH]1.[Ag+]. The van der Waals surface area contributed by atoms with E-state index in [1.165, 1.54) is 18.3 Å². The molecule has 1 atom stereocenters. The van der Waals surface area contributed by atoms with Crippen LogP contribution in [0.2, 0.25) is 0 Å². The topological polar surface area (TPSA) is 213 Å². The van der Waals surface area contributed by atoms with Gasteiger partial charge in [-0.1, -0.05) is 0 Å². The van der Waals surface area contributed by atoms with Gasteiger partial charge in [0, 0.05) is 17.7 Å². The minimum atomic E-state index is -1.31. The van der Waals surface area contributed by atoms with E-state index in [2.05, 4.69) is 30.6 Å². The average Bonchev–Trinajstić information content (AvgIpc) is 2.75. The van der Waals surface area contributed by atoms with Gasteiger partial charge in [0.05, 0.1) is 18.4 Å². The number of amides is 1. The Hall–Kier alpha value is -3.81. The zero-order chi connectivity index (χ0) is 23.3. The molecule has 0 saturated carbocycles. The summed E-state index contributed by atoms with van der Waals surface area (Å²) in [5, 5.41) is 23.2. The number of rotatable bonds is 9. The summed E-state index contributed by atoms with van der Waals surface area (Å²) in [7, 11) is 0. The van der Waals surface area contributed by atoms with E-state index in [9.17, 15) is 19.2 Å². The quantitative estimate of drug-likeness (QED) is 0.195. The third-order valence-electron chi connectivity index (χ3n) is 4.36. The molecule has 0 radical (unpaired) electrons. The van der Waals surface area contributed by atoms with Gasteiger partial charge >= 0.3 is 34.3 Å². The molecule has 0 aliphatic rings. The Morgan fingerprint density at radius 2 is 1.82 bits per heavy atom. The standard InChI is InChI=1S/C19H19N7O6.Ag/c20-19-25-15-14(17(30)26-19)23-11(8-22-15)7-21-10-3-1-9(2-4-10)16(29)24-12(18(31)32)5-6-13(27)28;/h1-4,8,12,21H,5-7H2,(H,24,29)(H,27,28)(H,31,32)(H3,20,22,25,26,30);/q;+1/t12-;/m0./s1. The Morgan fingerprint density at radius 3 is 2.45 bits per heavy atom. The van der Waals surface area contributed by atoms with Gasteiger partial charge in [0.1, 0.15) is 6.04 Å². The molecule has 13 nitrogen and oxygen atoms in total. The molecule has 1 aromatic carbocycles. The predicted molar refractivity (Wildman–Crippen MR) is 112 cm³/mol. The zero-order valence-corrected chi connectivity index (χ0v) is 18.3. The first-order valence-electron chi connectivity index (χ1n) is 9.33. The number of fused-ring (bicyclic) bond motifs is 1. The molecule has 0 spiro atoms. The number of nitrogens with two attached hydrogens (primary N) is 1. The maximum absolute atomic E-state index is 12.3. The Bertz CT molecular complexity index is 1230. The maximum atomic E-state index is 12.3. The van der Waals surface area contributed by atoms with Gasteiger partial charge < -0.3 is 26.6 Å². The van der Waals surface area contributed by atoms with Crippen LogP contribution in [0.25, 0.3) is 11.2 Å². The number of carboxylic acid groups (broad SMARTS) is 2. The second kappa shape index (κ2) is 11.2. The Labute approximate surface area is 201 Å². The van der Waals surface area contributed by atoms with E-state index in [4.69, 9.17) is 15.9 Å². The molecular formula is C19H19AgN7O6+. The summed E-state index contributed by atoms with van der Waals surface area (Å²) in [5.41, 5.74) is 6.47. The van der Waals surface area contributed by atoms with E-state index in [0.717, 1.165) is 0 Å². The van der Waals surface area contributed by atoms with Gasteiger partial charge in [-0.25, -0.2) is 14.8 Å². The summed E-state index contributed by atoms with van der Waals surface area (Å²) in [4.78, 5) is 60.6. The number of nitrogens with one attached hydrogen (secondary N) is 3. The zero-order valence-electron chi connectivity index (χ0n) is 16.8. The molecule has 3 aromatic rings. The van der Waals surface area contributed by atoms with Crippen molar-refractivity contribution >= 4 is 40.6 Å². The third kappa shape index (κ3) is 6.83. The molecule has 176 valence electrons. The van der Waals surface area contributed by atoms with E-state index in [-0.39, 0.29) is 64.4 Å². The van der Waals surface area contributed by atoms with Crippen LogP contribution in [-0.4, -0.2) is 54.0 Å². The molecule has 0 bridgehead atoms. The van der Waals surface area contributed by atoms with E-state index in [1.54, 1.807) is 12.1 Å². The molecule has 0 saturated heterocycles. The van der Waals surface area contributed by atoms with Crippen LogP contribution in [0, 0.1) is 0 Å². The number of aromatic amines is 1. The van der Waals surface area contributed by atoms with Crippen molar-refractivity contribution in [1.82, 2.24) is 25.3 Å². The van der Waals surface area contributed by atoms with Crippen LogP contribution in [0.4, 0.5) is 11.6 Å². The van der Waals surface area contributed by atoms with E-state index in [0.29, 0.717) is 11.4 Å². The van der Waals surface area contributed by atoms with Crippen molar-refractivity contribution in [1.29, 1.82) is 0 Å². The number of carboxylic acids is 2. The predicted octanol–water partition coefficient (Wildman–Crippen LogP) is -0.0473. The molecule has 33 heavy (non-hydrogen) atoms. The summed E-state index contributed by atoms with van der Waals surface area (Å²) in [6.45, 7) is 0.231. The van der Waals surface area contributed by atoms with Crippen LogP contribution in [0.5, 0.6) is 0 Å². The van der Waals surface area contributed by atoms with Gasteiger partial charge in [-0.3, -0.25) is 19.4 Å². The van der Waals surface area contributed by atoms with Crippen LogP contribution in [0.1, 0.15) is 28.9 Å². The Morgan fingerprint density at radius 1 is 1.12 bits per heavy atom.